The van der Waals surface area contributed by atoms with E-state index in [1.54, 1.807) is 11.8 Å². The van der Waals surface area contributed by atoms with Gasteiger partial charge in [-0.3, -0.25) is 9.88 Å². The van der Waals surface area contributed by atoms with Crippen molar-refractivity contribution in [1.82, 2.24) is 24.8 Å². The van der Waals surface area contributed by atoms with E-state index in [-0.39, 0.29) is 11.9 Å². The number of benzene rings is 1. The van der Waals surface area contributed by atoms with E-state index in [1.165, 1.54) is 27.7 Å². The third-order valence-electron chi connectivity index (χ3n) is 5.63. The molecule has 1 unspecified atom stereocenters. The van der Waals surface area contributed by atoms with E-state index in [4.69, 9.17) is 10.5 Å². The van der Waals surface area contributed by atoms with Gasteiger partial charge < -0.3 is 25.8 Å². The molecular weight excluding hydrogens is 408 g/mol. The molecule has 11 heteroatoms. The van der Waals surface area contributed by atoms with Gasteiger partial charge in [-0.25, -0.2) is 15.0 Å². The summed E-state index contributed by atoms with van der Waals surface area (Å²) in [5, 5.41) is 34.7. The molecule has 6 N–H and O–H groups in total. The summed E-state index contributed by atoms with van der Waals surface area (Å²) in [5.74, 6) is -0.652. The van der Waals surface area contributed by atoms with Crippen LogP contribution in [0.4, 0.5) is 5.82 Å². The Kier molecular flexibility index (Phi) is 4.88. The molecule has 0 saturated carbocycles. The van der Waals surface area contributed by atoms with Gasteiger partial charge >= 0.3 is 0 Å². The molecule has 30 heavy (non-hydrogen) atoms. The number of nitrogen functional groups attached to an aromatic ring is 1. The van der Waals surface area contributed by atoms with Crippen molar-refractivity contribution in [3.05, 3.63) is 42.5 Å². The number of nitrogens with one attached hydrogen (secondary N) is 1. The summed E-state index contributed by atoms with van der Waals surface area (Å²) in [4.78, 5) is 13.7. The lowest BCUT2D eigenvalue weighted by molar-refractivity contribution is -0.172. The fourth-order valence-corrected chi connectivity index (χ4v) is 5.24. The Balaban J connectivity index is 1.57. The van der Waals surface area contributed by atoms with Crippen LogP contribution in [0.5, 0.6) is 0 Å². The number of hydrogen-bond acceptors (Lipinski definition) is 10. The Labute approximate surface area is 176 Å². The van der Waals surface area contributed by atoms with Crippen LogP contribution in [0.15, 0.2) is 41.8 Å². The number of fused-ring (bicyclic) bond motifs is 2. The van der Waals surface area contributed by atoms with Crippen LogP contribution >= 0.6 is 11.8 Å². The highest BCUT2D eigenvalue weighted by atomic mass is 32.2. The van der Waals surface area contributed by atoms with Gasteiger partial charge in [0.1, 0.15) is 36.5 Å². The number of hydrogen-bond donors (Lipinski definition) is 5. The van der Waals surface area contributed by atoms with Crippen LogP contribution in [0.3, 0.4) is 0 Å². The predicted molar refractivity (Wildman–Crippen MR) is 109 cm³/mol. The Bertz CT molecular complexity index is 1080. The average molecular weight is 430 g/mol. The van der Waals surface area contributed by atoms with Crippen molar-refractivity contribution >= 4 is 28.7 Å². The molecule has 4 heterocycles. The maximum Gasteiger partial charge on any atom is 0.234 e. The van der Waals surface area contributed by atoms with Crippen molar-refractivity contribution in [3.63, 3.8) is 0 Å². The van der Waals surface area contributed by atoms with Gasteiger partial charge in [-0.05, 0) is 18.1 Å². The zero-order valence-electron chi connectivity index (χ0n) is 15.9. The molecular formula is C19H22N6O4S. The molecule has 2 aromatic heterocycles. The number of aromatic nitrogens is 4. The fraction of sp³-hybridized carbons (Fsp3) is 0.421. The van der Waals surface area contributed by atoms with Gasteiger partial charge in [0, 0.05) is 16.7 Å². The number of nitrogens with zero attached hydrogens (tertiary/aromatic N) is 4. The highest BCUT2D eigenvalue weighted by Gasteiger charge is 2.57. The lowest BCUT2D eigenvalue weighted by Gasteiger charge is -2.39. The van der Waals surface area contributed by atoms with Crippen LogP contribution in [0.2, 0.25) is 0 Å². The molecule has 10 nitrogen and oxygen atoms in total. The van der Waals surface area contributed by atoms with Crippen molar-refractivity contribution in [3.8, 4) is 0 Å². The molecule has 0 bridgehead atoms. The number of rotatable bonds is 4. The third-order valence-corrected chi connectivity index (χ3v) is 6.90. The summed E-state index contributed by atoms with van der Waals surface area (Å²) in [6, 6.07) is 8.07. The van der Waals surface area contributed by atoms with E-state index >= 15 is 0 Å². The highest BCUT2D eigenvalue weighted by Crippen LogP contribution is 2.38. The Morgan fingerprint density at radius 1 is 1.27 bits per heavy atom. The van der Waals surface area contributed by atoms with Crippen LogP contribution in [-0.4, -0.2) is 71.6 Å². The summed E-state index contributed by atoms with van der Waals surface area (Å²) in [6.07, 6.45) is -0.203. The summed E-state index contributed by atoms with van der Waals surface area (Å²) in [7, 11) is 0. The van der Waals surface area contributed by atoms with Gasteiger partial charge in [0.2, 0.25) is 5.85 Å². The minimum Gasteiger partial charge on any atom is -0.394 e. The zero-order valence-corrected chi connectivity index (χ0v) is 16.7. The SMILES string of the molecule is Nc1ncnc2c1ncn2[C@]1(NC2CSc3ccccc3C2)O[C@H](CO)[C@@H](O)[C@H]1O. The molecule has 158 valence electrons. The Morgan fingerprint density at radius 3 is 2.90 bits per heavy atom. The summed E-state index contributed by atoms with van der Waals surface area (Å²) < 4.78 is 7.58. The molecule has 3 aromatic rings. The quantitative estimate of drug-likeness (QED) is 0.364. The molecule has 1 aromatic carbocycles. The minimum atomic E-state index is -1.58. The van der Waals surface area contributed by atoms with Gasteiger partial charge in [-0.1, -0.05) is 18.2 Å². The van der Waals surface area contributed by atoms with Crippen molar-refractivity contribution in [2.24, 2.45) is 0 Å². The van der Waals surface area contributed by atoms with Gasteiger partial charge in [0.05, 0.1) is 6.61 Å². The number of ether oxygens (including phenoxy) is 1. The van der Waals surface area contributed by atoms with Crippen molar-refractivity contribution in [2.75, 3.05) is 18.1 Å². The van der Waals surface area contributed by atoms with Crippen LogP contribution in [0, 0.1) is 0 Å². The first-order valence-electron chi connectivity index (χ1n) is 9.60. The van der Waals surface area contributed by atoms with Crippen molar-refractivity contribution in [1.29, 1.82) is 0 Å². The molecule has 2 aliphatic heterocycles. The largest absolute Gasteiger partial charge is 0.394 e. The molecule has 1 fully saturated rings. The highest BCUT2D eigenvalue weighted by molar-refractivity contribution is 7.99. The lowest BCUT2D eigenvalue weighted by Crippen LogP contribution is -2.60. The molecule has 0 radical (unpaired) electrons. The standard InChI is InChI=1S/C19H22N6O4S/c20-17-14-18(22-8-21-17)25(9-23-14)19(16(28)15(27)12(6-26)29-19)24-11-5-10-3-1-2-4-13(10)30-7-11/h1-4,8-9,11-12,15-16,24,26-28H,5-7H2,(H2,20,21,22)/t11?,12-,15-,16-,19+/m1/s1. The molecule has 5 atom stereocenters. The fourth-order valence-electron chi connectivity index (χ4n) is 4.15. The maximum atomic E-state index is 11.1. The van der Waals surface area contributed by atoms with E-state index in [0.717, 1.165) is 5.75 Å². The van der Waals surface area contributed by atoms with E-state index in [2.05, 4.69) is 32.4 Å². The van der Waals surface area contributed by atoms with Crippen LogP contribution in [0.1, 0.15) is 5.56 Å². The molecule has 1 saturated heterocycles. The second kappa shape index (κ2) is 7.45. The summed E-state index contributed by atoms with van der Waals surface area (Å²) >= 11 is 1.71. The average Bonchev–Trinajstić information content (AvgIpc) is 3.30. The Hall–Kier alpha value is -2.28. The van der Waals surface area contributed by atoms with E-state index in [0.29, 0.717) is 17.6 Å². The Morgan fingerprint density at radius 2 is 2.10 bits per heavy atom. The topological polar surface area (TPSA) is 152 Å². The number of nitrogens with two attached hydrogens (primary N) is 1. The second-order valence-corrected chi connectivity index (χ2v) is 8.54. The number of anilines is 1. The zero-order chi connectivity index (χ0) is 20.9. The number of imidazole rings is 1. The van der Waals surface area contributed by atoms with Crippen LogP contribution in [-0.2, 0) is 17.0 Å². The van der Waals surface area contributed by atoms with E-state index in [9.17, 15) is 15.3 Å². The molecule has 0 spiro atoms. The van der Waals surface area contributed by atoms with E-state index < -0.39 is 30.8 Å². The van der Waals surface area contributed by atoms with Gasteiger partial charge in [0.25, 0.3) is 0 Å². The lowest BCUT2D eigenvalue weighted by atomic mass is 10.0. The van der Waals surface area contributed by atoms with Crippen molar-refractivity contribution < 1.29 is 20.1 Å². The van der Waals surface area contributed by atoms with E-state index in [1.807, 2.05) is 12.1 Å². The maximum absolute atomic E-state index is 11.1. The smallest absolute Gasteiger partial charge is 0.234 e. The van der Waals surface area contributed by atoms with Gasteiger partial charge in [-0.2, -0.15) is 0 Å². The minimum absolute atomic E-state index is 0.0826. The first kappa shape index (κ1) is 19.7. The monoisotopic (exact) mass is 430 g/mol. The number of aliphatic hydroxyl groups excluding tert-OH is 3. The summed E-state index contributed by atoms with van der Waals surface area (Å²) in [5.41, 5.74) is 7.82. The van der Waals surface area contributed by atoms with Gasteiger partial charge in [0.15, 0.2) is 11.5 Å². The molecule has 0 aliphatic carbocycles. The predicted octanol–water partition coefficient (Wildman–Crippen LogP) is -0.562. The van der Waals surface area contributed by atoms with Gasteiger partial charge in [-0.15, -0.1) is 11.8 Å². The first-order valence-corrected chi connectivity index (χ1v) is 10.6. The third kappa shape index (κ3) is 2.97. The van der Waals surface area contributed by atoms with Crippen molar-refractivity contribution in [2.45, 2.75) is 41.5 Å². The molecule has 0 amide bonds. The normalized spacial score (nSPS) is 31.2. The number of aliphatic hydroxyl groups is 3. The first-order chi connectivity index (χ1) is 14.5. The number of thioether (sulfide) groups is 1. The van der Waals surface area contributed by atoms with Crippen LogP contribution < -0.4 is 11.1 Å². The second-order valence-electron chi connectivity index (χ2n) is 7.48. The summed E-state index contributed by atoms with van der Waals surface area (Å²) in [6.45, 7) is -0.451. The molecule has 2 aliphatic rings. The van der Waals surface area contributed by atoms with Crippen LogP contribution in [0.25, 0.3) is 11.2 Å². The molecule has 5 rings (SSSR count).